The summed E-state index contributed by atoms with van der Waals surface area (Å²) in [5.41, 5.74) is 3.23. The van der Waals surface area contributed by atoms with E-state index in [9.17, 15) is 19.5 Å². The van der Waals surface area contributed by atoms with E-state index in [2.05, 4.69) is 10.2 Å². The zero-order valence-corrected chi connectivity index (χ0v) is 23.9. The first-order valence-corrected chi connectivity index (χ1v) is 15.1. The van der Waals surface area contributed by atoms with Gasteiger partial charge >= 0.3 is 5.97 Å². The summed E-state index contributed by atoms with van der Waals surface area (Å²) < 4.78 is 4.84. The van der Waals surface area contributed by atoms with E-state index in [0.717, 1.165) is 34.4 Å². The average molecular weight is 560 g/mol. The molecule has 0 spiro atoms. The molecule has 8 heteroatoms. The van der Waals surface area contributed by atoms with Crippen LogP contribution in [0, 0.1) is 23.2 Å². The number of esters is 1. The first-order valence-electron chi connectivity index (χ1n) is 15.1. The standard InChI is InChI=1S/C33H41N3O5/c1-41-32(40)27-4-2-3-25(14-27)26-5-6-29(37)28(15-26)21-35-7-9-36(10-8-35)31(39)20-34-30(38)19-33-16-22-11-23(17-33)13-24(12-22)18-33/h2-6,14-15,22-24,37H,7-13,16-21H2,1H3,(H,34,38). The molecular weight excluding hydrogens is 518 g/mol. The zero-order chi connectivity index (χ0) is 28.6. The molecule has 8 nitrogen and oxygen atoms in total. The minimum absolute atomic E-state index is 0.0288. The van der Waals surface area contributed by atoms with Crippen LogP contribution in [0.5, 0.6) is 5.75 Å². The Labute approximate surface area is 242 Å². The molecule has 1 aliphatic heterocycles. The summed E-state index contributed by atoms with van der Waals surface area (Å²) in [7, 11) is 1.36. The molecule has 218 valence electrons. The van der Waals surface area contributed by atoms with Gasteiger partial charge in [0.1, 0.15) is 5.75 Å². The highest BCUT2D eigenvalue weighted by molar-refractivity contribution is 5.91. The molecule has 2 aromatic carbocycles. The first kappa shape index (κ1) is 27.8. The number of carbonyl (C=O) groups is 3. The van der Waals surface area contributed by atoms with Gasteiger partial charge in [-0.3, -0.25) is 14.5 Å². The summed E-state index contributed by atoms with van der Waals surface area (Å²) >= 11 is 0. The third-order valence-electron chi connectivity index (χ3n) is 9.95. The Bertz CT molecular complexity index is 1280. The maximum absolute atomic E-state index is 12.9. The number of carbonyl (C=O) groups excluding carboxylic acids is 3. The van der Waals surface area contributed by atoms with Crippen LogP contribution in [0.3, 0.4) is 0 Å². The molecule has 5 fully saturated rings. The Hall–Kier alpha value is -3.39. The highest BCUT2D eigenvalue weighted by atomic mass is 16.5. The molecule has 0 aromatic heterocycles. The Balaban J connectivity index is 0.983. The molecule has 2 amide bonds. The maximum atomic E-state index is 12.9. The number of piperazine rings is 1. The normalized spacial score (nSPS) is 27.0. The van der Waals surface area contributed by atoms with E-state index in [1.165, 1.54) is 45.6 Å². The Kier molecular flexibility index (Phi) is 7.77. The molecule has 4 aliphatic carbocycles. The number of phenols is 1. The third kappa shape index (κ3) is 6.13. The largest absolute Gasteiger partial charge is 0.508 e. The number of methoxy groups -OCH3 is 1. The molecular formula is C33H41N3O5. The van der Waals surface area contributed by atoms with Crippen LogP contribution in [0.2, 0.25) is 0 Å². The van der Waals surface area contributed by atoms with Crippen LogP contribution in [-0.2, 0) is 20.9 Å². The van der Waals surface area contributed by atoms with Crippen molar-refractivity contribution in [3.05, 3.63) is 53.6 Å². The highest BCUT2D eigenvalue weighted by Crippen LogP contribution is 2.61. The summed E-state index contributed by atoms with van der Waals surface area (Å²) in [5, 5.41) is 13.5. The van der Waals surface area contributed by atoms with Crippen molar-refractivity contribution in [1.82, 2.24) is 15.1 Å². The van der Waals surface area contributed by atoms with Gasteiger partial charge in [0.2, 0.25) is 11.8 Å². The van der Waals surface area contributed by atoms with Gasteiger partial charge in [-0.15, -0.1) is 0 Å². The van der Waals surface area contributed by atoms with Crippen LogP contribution >= 0.6 is 0 Å². The lowest BCUT2D eigenvalue weighted by molar-refractivity contribution is -0.136. The quantitative estimate of drug-likeness (QED) is 0.470. The van der Waals surface area contributed by atoms with E-state index in [1.807, 2.05) is 29.2 Å². The zero-order valence-electron chi connectivity index (χ0n) is 23.9. The Morgan fingerprint density at radius 3 is 2.24 bits per heavy atom. The summed E-state index contributed by atoms with van der Waals surface area (Å²) in [6.07, 6.45) is 8.25. The number of ether oxygens (including phenoxy) is 1. The van der Waals surface area contributed by atoms with E-state index < -0.39 is 0 Å². The summed E-state index contributed by atoms with van der Waals surface area (Å²) in [4.78, 5) is 41.8. The molecule has 0 atom stereocenters. The van der Waals surface area contributed by atoms with Gasteiger partial charge in [-0.2, -0.15) is 0 Å². The van der Waals surface area contributed by atoms with E-state index >= 15 is 0 Å². The number of amides is 2. The van der Waals surface area contributed by atoms with Gasteiger partial charge in [0.15, 0.2) is 0 Å². The summed E-state index contributed by atoms with van der Waals surface area (Å²) in [5.74, 6) is 2.28. The topological polar surface area (TPSA) is 99.2 Å². The van der Waals surface area contributed by atoms with Crippen molar-refractivity contribution in [1.29, 1.82) is 0 Å². The predicted molar refractivity (Wildman–Crippen MR) is 155 cm³/mol. The molecule has 41 heavy (non-hydrogen) atoms. The van der Waals surface area contributed by atoms with Crippen molar-refractivity contribution in [2.75, 3.05) is 39.8 Å². The average Bonchev–Trinajstić information content (AvgIpc) is 2.96. The summed E-state index contributed by atoms with van der Waals surface area (Å²) in [6.45, 7) is 3.18. The van der Waals surface area contributed by atoms with E-state index in [4.69, 9.17) is 4.74 Å². The van der Waals surface area contributed by atoms with Gasteiger partial charge in [0.05, 0.1) is 19.2 Å². The number of benzene rings is 2. The molecule has 5 aliphatic rings. The van der Waals surface area contributed by atoms with Gasteiger partial charge < -0.3 is 20.1 Å². The monoisotopic (exact) mass is 559 g/mol. The molecule has 4 bridgehead atoms. The SMILES string of the molecule is COC(=O)c1cccc(-c2ccc(O)c(CN3CCN(C(=O)CNC(=O)CC45CC6CC(CC(C6)C4)C5)CC3)c2)c1. The van der Waals surface area contributed by atoms with E-state index in [-0.39, 0.29) is 35.5 Å². The van der Waals surface area contributed by atoms with E-state index in [0.29, 0.717) is 44.7 Å². The van der Waals surface area contributed by atoms with Gasteiger partial charge in [-0.1, -0.05) is 18.2 Å². The van der Waals surface area contributed by atoms with Gasteiger partial charge in [-0.05, 0) is 97.1 Å². The van der Waals surface area contributed by atoms with Crippen LogP contribution in [0.1, 0.15) is 60.9 Å². The molecule has 1 heterocycles. The molecule has 4 saturated carbocycles. The number of nitrogens with zero attached hydrogens (tertiary/aromatic N) is 2. The smallest absolute Gasteiger partial charge is 0.337 e. The summed E-state index contributed by atoms with van der Waals surface area (Å²) in [6, 6.07) is 12.7. The third-order valence-corrected chi connectivity index (χ3v) is 9.95. The van der Waals surface area contributed by atoms with Crippen molar-refractivity contribution in [2.45, 2.75) is 51.5 Å². The number of hydrogen-bond acceptors (Lipinski definition) is 6. The minimum Gasteiger partial charge on any atom is -0.508 e. The second-order valence-corrected chi connectivity index (χ2v) is 12.9. The van der Waals surface area contributed by atoms with Crippen LogP contribution in [0.15, 0.2) is 42.5 Å². The number of aromatic hydroxyl groups is 1. The van der Waals surface area contributed by atoms with Crippen molar-refractivity contribution >= 4 is 17.8 Å². The highest BCUT2D eigenvalue weighted by Gasteiger charge is 2.51. The van der Waals surface area contributed by atoms with Crippen LogP contribution in [0.25, 0.3) is 11.1 Å². The van der Waals surface area contributed by atoms with Gasteiger partial charge in [0.25, 0.3) is 0 Å². The fourth-order valence-corrected chi connectivity index (χ4v) is 8.43. The molecule has 0 radical (unpaired) electrons. The molecule has 0 unspecified atom stereocenters. The molecule has 2 aromatic rings. The van der Waals surface area contributed by atoms with Gasteiger partial charge in [0, 0.05) is 44.7 Å². The van der Waals surface area contributed by atoms with Crippen molar-refractivity contribution in [3.63, 3.8) is 0 Å². The van der Waals surface area contributed by atoms with E-state index in [1.54, 1.807) is 18.2 Å². The van der Waals surface area contributed by atoms with Crippen LogP contribution in [0.4, 0.5) is 0 Å². The predicted octanol–water partition coefficient (Wildman–Crippen LogP) is 4.21. The van der Waals surface area contributed by atoms with Crippen molar-refractivity contribution in [2.24, 2.45) is 23.2 Å². The van der Waals surface area contributed by atoms with Gasteiger partial charge in [-0.25, -0.2) is 4.79 Å². The number of rotatable bonds is 8. The fraction of sp³-hybridized carbons (Fsp3) is 0.545. The maximum Gasteiger partial charge on any atom is 0.337 e. The Morgan fingerprint density at radius 2 is 1.59 bits per heavy atom. The molecule has 1 saturated heterocycles. The number of nitrogens with one attached hydrogen (secondary N) is 1. The second-order valence-electron chi connectivity index (χ2n) is 12.9. The van der Waals surface area contributed by atoms with Crippen molar-refractivity contribution in [3.8, 4) is 16.9 Å². The fourth-order valence-electron chi connectivity index (χ4n) is 8.43. The lowest BCUT2D eigenvalue weighted by Crippen LogP contribution is -2.51. The Morgan fingerprint density at radius 1 is 0.927 bits per heavy atom. The van der Waals surface area contributed by atoms with Crippen LogP contribution in [-0.4, -0.2) is 72.5 Å². The van der Waals surface area contributed by atoms with Crippen LogP contribution < -0.4 is 5.32 Å². The first-order chi connectivity index (χ1) is 19.8. The lowest BCUT2D eigenvalue weighted by atomic mass is 9.49. The number of phenolic OH excluding ortho intramolecular Hbond substituents is 1. The number of hydrogen-bond donors (Lipinski definition) is 2. The lowest BCUT2D eigenvalue weighted by Gasteiger charge is -2.56. The van der Waals surface area contributed by atoms with Crippen molar-refractivity contribution < 1.29 is 24.2 Å². The molecule has 7 rings (SSSR count). The second kappa shape index (κ2) is 11.5. The minimum atomic E-state index is -0.388. The molecule has 2 N–H and O–H groups in total.